The van der Waals surface area contributed by atoms with Crippen LogP contribution in [0.2, 0.25) is 0 Å². The summed E-state index contributed by atoms with van der Waals surface area (Å²) in [4.78, 5) is 16.0. The summed E-state index contributed by atoms with van der Waals surface area (Å²) in [7, 11) is 0. The van der Waals surface area contributed by atoms with Crippen LogP contribution < -0.4 is 0 Å². The maximum absolute atomic E-state index is 6.87. The highest BCUT2D eigenvalue weighted by molar-refractivity contribution is 6.25. The summed E-state index contributed by atoms with van der Waals surface area (Å²) >= 11 is 0. The summed E-state index contributed by atoms with van der Waals surface area (Å²) in [6, 6.07) is 76.8. The molecule has 0 aliphatic carbocycles. The van der Waals surface area contributed by atoms with E-state index < -0.39 is 0 Å². The number of benzene rings is 10. The van der Waals surface area contributed by atoms with Crippen LogP contribution in [-0.2, 0) is 0 Å². The van der Waals surface area contributed by atoms with Gasteiger partial charge in [0.1, 0.15) is 11.2 Å². The largest absolute Gasteiger partial charge is 0.455 e. The second-order valence-corrected chi connectivity index (χ2v) is 16.3. The molecule has 13 rings (SSSR count). The van der Waals surface area contributed by atoms with Crippen molar-refractivity contribution >= 4 is 65.3 Å². The highest BCUT2D eigenvalue weighted by atomic mass is 16.3. The Kier molecular flexibility index (Phi) is 8.15. The van der Waals surface area contributed by atoms with E-state index in [1.165, 1.54) is 16.2 Å². The molecule has 5 nitrogen and oxygen atoms in total. The molecular weight excluding hydrogens is 781 g/mol. The van der Waals surface area contributed by atoms with Gasteiger partial charge < -0.3 is 4.42 Å². The van der Waals surface area contributed by atoms with Crippen molar-refractivity contribution in [2.45, 2.75) is 0 Å². The fourth-order valence-corrected chi connectivity index (χ4v) is 9.65. The molecule has 0 aliphatic heterocycles. The lowest BCUT2D eigenvalue weighted by molar-refractivity contribution is 0.670. The highest BCUT2D eigenvalue weighted by Crippen LogP contribution is 2.45. The molecule has 64 heavy (non-hydrogen) atoms. The molecular formula is C59H36N4O. The van der Waals surface area contributed by atoms with Crippen LogP contribution in [0.3, 0.4) is 0 Å². The van der Waals surface area contributed by atoms with Crippen LogP contribution >= 0.6 is 0 Å². The van der Waals surface area contributed by atoms with Gasteiger partial charge in [0, 0.05) is 43.8 Å². The van der Waals surface area contributed by atoms with Crippen LogP contribution in [-0.4, -0.2) is 19.5 Å². The summed E-state index contributed by atoms with van der Waals surface area (Å²) in [5, 5.41) is 9.13. The summed E-state index contributed by atoms with van der Waals surface area (Å²) in [5.41, 5.74) is 12.1. The van der Waals surface area contributed by atoms with Gasteiger partial charge in [0.05, 0.1) is 11.0 Å². The van der Waals surface area contributed by atoms with Crippen LogP contribution in [0.1, 0.15) is 0 Å². The van der Waals surface area contributed by atoms with Gasteiger partial charge in [0.2, 0.25) is 5.95 Å². The molecule has 5 heteroatoms. The van der Waals surface area contributed by atoms with Crippen LogP contribution in [0.5, 0.6) is 0 Å². The third-order valence-corrected chi connectivity index (χ3v) is 12.7. The lowest BCUT2D eigenvalue weighted by Gasteiger charge is -2.13. The van der Waals surface area contributed by atoms with Crippen LogP contribution in [0.25, 0.3) is 127 Å². The van der Waals surface area contributed by atoms with Crippen molar-refractivity contribution in [3.8, 4) is 62.1 Å². The molecule has 0 fully saturated rings. The zero-order chi connectivity index (χ0) is 42.1. The Morgan fingerprint density at radius 2 is 0.812 bits per heavy atom. The first-order valence-electron chi connectivity index (χ1n) is 21.6. The van der Waals surface area contributed by atoms with Crippen molar-refractivity contribution in [1.29, 1.82) is 0 Å². The zero-order valence-corrected chi connectivity index (χ0v) is 34.5. The van der Waals surface area contributed by atoms with Crippen LogP contribution in [0.4, 0.5) is 0 Å². The average Bonchev–Trinajstić information content (AvgIpc) is 3.94. The maximum atomic E-state index is 6.87. The molecule has 0 atom stereocenters. The molecule has 3 heterocycles. The lowest BCUT2D eigenvalue weighted by Crippen LogP contribution is -2.07. The molecule has 0 saturated heterocycles. The van der Waals surface area contributed by atoms with E-state index in [0.717, 1.165) is 93.6 Å². The third kappa shape index (κ3) is 5.75. The Bertz CT molecular complexity index is 3830. The number of para-hydroxylation sites is 2. The first kappa shape index (κ1) is 36.0. The van der Waals surface area contributed by atoms with E-state index in [9.17, 15) is 0 Å². The minimum atomic E-state index is 0.532. The topological polar surface area (TPSA) is 56.7 Å². The molecule has 298 valence electrons. The Balaban J connectivity index is 1.09. The normalized spacial score (nSPS) is 11.8. The number of furan rings is 1. The van der Waals surface area contributed by atoms with Gasteiger partial charge in [-0.25, -0.2) is 4.98 Å². The molecule has 0 radical (unpaired) electrons. The monoisotopic (exact) mass is 816 g/mol. The summed E-state index contributed by atoms with van der Waals surface area (Å²) in [6.07, 6.45) is 0. The predicted octanol–water partition coefficient (Wildman–Crippen LogP) is 15.5. The number of hydrogen-bond donors (Lipinski definition) is 0. The smallest absolute Gasteiger partial charge is 0.238 e. The number of hydrogen-bond acceptors (Lipinski definition) is 4. The van der Waals surface area contributed by atoms with Gasteiger partial charge in [-0.2, -0.15) is 9.97 Å². The van der Waals surface area contributed by atoms with E-state index >= 15 is 0 Å². The summed E-state index contributed by atoms with van der Waals surface area (Å²) in [5.74, 6) is 1.71. The third-order valence-electron chi connectivity index (χ3n) is 12.7. The molecule has 10 aromatic carbocycles. The molecule has 0 spiro atoms. The molecule has 13 aromatic rings. The fourth-order valence-electron chi connectivity index (χ4n) is 9.65. The van der Waals surface area contributed by atoms with E-state index in [2.05, 4.69) is 211 Å². The van der Waals surface area contributed by atoms with E-state index in [-0.39, 0.29) is 0 Å². The van der Waals surface area contributed by atoms with Gasteiger partial charge in [0.15, 0.2) is 11.6 Å². The number of nitrogens with zero attached hydrogens (tertiary/aromatic N) is 4. The molecule has 0 aliphatic rings. The fraction of sp³-hybridized carbons (Fsp3) is 0. The average molecular weight is 817 g/mol. The van der Waals surface area contributed by atoms with E-state index in [0.29, 0.717) is 17.6 Å². The molecule has 0 amide bonds. The van der Waals surface area contributed by atoms with Gasteiger partial charge in [0.25, 0.3) is 0 Å². The minimum absolute atomic E-state index is 0.532. The molecule has 0 saturated carbocycles. The van der Waals surface area contributed by atoms with Crippen molar-refractivity contribution in [1.82, 2.24) is 19.5 Å². The minimum Gasteiger partial charge on any atom is -0.455 e. The van der Waals surface area contributed by atoms with Crippen molar-refractivity contribution in [2.75, 3.05) is 0 Å². The molecule has 3 aromatic heterocycles. The SMILES string of the molecule is c1ccc(-c2ccc(-c3nc(-c4ccc(-c5ccccc5)cc4)nc(-n4c5ccc6ccccc6c5c5cccc(-c6cccc7c6oc6ccc8ccccc8c67)c54)n3)cc2)cc1. The lowest BCUT2D eigenvalue weighted by atomic mass is 9.97. The van der Waals surface area contributed by atoms with Crippen molar-refractivity contribution in [3.63, 3.8) is 0 Å². The van der Waals surface area contributed by atoms with E-state index in [1.807, 2.05) is 12.1 Å². The Morgan fingerprint density at radius 3 is 1.44 bits per heavy atom. The number of fused-ring (bicyclic) bond motifs is 10. The molecule has 0 bridgehead atoms. The van der Waals surface area contributed by atoms with E-state index in [4.69, 9.17) is 19.4 Å². The van der Waals surface area contributed by atoms with Crippen LogP contribution in [0.15, 0.2) is 223 Å². The summed E-state index contributed by atoms with van der Waals surface area (Å²) < 4.78 is 9.12. The summed E-state index contributed by atoms with van der Waals surface area (Å²) in [6.45, 7) is 0. The van der Waals surface area contributed by atoms with Gasteiger partial charge in [-0.1, -0.05) is 206 Å². The van der Waals surface area contributed by atoms with E-state index in [1.54, 1.807) is 0 Å². The first-order valence-corrected chi connectivity index (χ1v) is 21.6. The van der Waals surface area contributed by atoms with Crippen molar-refractivity contribution in [3.05, 3.63) is 218 Å². The molecule has 0 N–H and O–H groups in total. The van der Waals surface area contributed by atoms with Gasteiger partial charge in [-0.05, 0) is 55.9 Å². The second kappa shape index (κ2) is 14.5. The standard InChI is InChI=1S/C59H36N4O/c1-3-13-37(14-4-1)39-25-29-43(30-26-39)57-60-58(44-31-27-40(28-32-44)38-15-5-2-6-16-38)62-59(61-57)63-51-35-33-41-17-7-9-19-45(41)53(51)49-23-11-21-47(55(49)63)48-22-12-24-50-54-46-20-10-8-18-42(46)34-36-52(54)64-56(48)50/h1-36H. The zero-order valence-electron chi connectivity index (χ0n) is 34.5. The van der Waals surface area contributed by atoms with Gasteiger partial charge >= 0.3 is 0 Å². The predicted molar refractivity (Wildman–Crippen MR) is 264 cm³/mol. The quantitative estimate of drug-likeness (QED) is 0.168. The number of aromatic nitrogens is 4. The number of rotatable bonds is 6. The second-order valence-electron chi connectivity index (χ2n) is 16.3. The Morgan fingerprint density at radius 1 is 0.328 bits per heavy atom. The van der Waals surface area contributed by atoms with Crippen molar-refractivity contribution < 1.29 is 4.42 Å². The highest BCUT2D eigenvalue weighted by Gasteiger charge is 2.24. The maximum Gasteiger partial charge on any atom is 0.238 e. The Labute approximate surface area is 368 Å². The van der Waals surface area contributed by atoms with Gasteiger partial charge in [-0.15, -0.1) is 0 Å². The molecule has 0 unspecified atom stereocenters. The van der Waals surface area contributed by atoms with Crippen molar-refractivity contribution in [2.24, 2.45) is 0 Å². The first-order chi connectivity index (χ1) is 31.7. The Hall–Kier alpha value is -8.67. The van der Waals surface area contributed by atoms with Gasteiger partial charge in [-0.3, -0.25) is 4.57 Å². The van der Waals surface area contributed by atoms with Crippen LogP contribution in [0, 0.1) is 0 Å².